The zero-order chi connectivity index (χ0) is 23.8. The maximum atomic E-state index is 10.4. The fourth-order valence-electron chi connectivity index (χ4n) is 5.46. The largest absolute Gasteiger partial charge is 0.497 e. The minimum Gasteiger partial charge on any atom is -0.497 e. The van der Waals surface area contributed by atoms with Gasteiger partial charge in [-0.15, -0.1) is 0 Å². The molecule has 0 aromatic heterocycles. The van der Waals surface area contributed by atoms with Gasteiger partial charge < -0.3 is 14.4 Å². The Bertz CT molecular complexity index is 927. The lowest BCUT2D eigenvalue weighted by molar-refractivity contribution is 0.124. The third-order valence-electron chi connectivity index (χ3n) is 7.64. The number of fused-ring (bicyclic) bond motifs is 1. The van der Waals surface area contributed by atoms with Gasteiger partial charge in [-0.05, 0) is 92.8 Å². The van der Waals surface area contributed by atoms with E-state index in [9.17, 15) is 5.26 Å². The lowest BCUT2D eigenvalue weighted by Crippen LogP contribution is -2.38. The van der Waals surface area contributed by atoms with Crippen LogP contribution in [0.2, 0.25) is 0 Å². The van der Waals surface area contributed by atoms with E-state index in [0.717, 1.165) is 63.1 Å². The van der Waals surface area contributed by atoms with Gasteiger partial charge in [-0.3, -0.25) is 0 Å². The molecule has 0 spiro atoms. The van der Waals surface area contributed by atoms with Gasteiger partial charge in [-0.25, -0.2) is 0 Å². The van der Waals surface area contributed by atoms with Gasteiger partial charge in [0.15, 0.2) is 0 Å². The van der Waals surface area contributed by atoms with Crippen LogP contribution in [0.3, 0.4) is 0 Å². The van der Waals surface area contributed by atoms with Crippen LogP contribution in [0, 0.1) is 28.6 Å². The van der Waals surface area contributed by atoms with Gasteiger partial charge in [-0.2, -0.15) is 5.26 Å². The predicted molar refractivity (Wildman–Crippen MR) is 135 cm³/mol. The fraction of sp³-hybridized carbons (Fsp3) is 0.552. The Labute approximate surface area is 200 Å². The molecule has 2 aromatic rings. The smallest absolute Gasteiger partial charge is 0.122 e. The average molecular weight is 449 g/mol. The van der Waals surface area contributed by atoms with Crippen molar-refractivity contribution in [3.05, 3.63) is 59.2 Å². The van der Waals surface area contributed by atoms with Crippen molar-refractivity contribution in [2.24, 2.45) is 17.3 Å². The summed E-state index contributed by atoms with van der Waals surface area (Å²) in [5.74, 6) is 2.45. The molecule has 4 nitrogen and oxygen atoms in total. The van der Waals surface area contributed by atoms with Crippen LogP contribution in [0.15, 0.2) is 42.5 Å². The molecule has 178 valence electrons. The molecule has 3 rings (SSSR count). The molecule has 0 aliphatic heterocycles. The molecule has 1 aliphatic carbocycles. The summed E-state index contributed by atoms with van der Waals surface area (Å²) in [5, 5.41) is 10.4. The number of nitriles is 1. The molecular weight excluding hydrogens is 408 g/mol. The first-order valence-electron chi connectivity index (χ1n) is 12.3. The molecule has 0 saturated carbocycles. The van der Waals surface area contributed by atoms with E-state index in [-0.39, 0.29) is 5.41 Å². The summed E-state index contributed by atoms with van der Waals surface area (Å²) in [6.07, 6.45) is 6.21. The molecule has 0 amide bonds. The van der Waals surface area contributed by atoms with E-state index in [0.29, 0.717) is 11.8 Å². The molecule has 2 aromatic carbocycles. The zero-order valence-electron chi connectivity index (χ0n) is 21.1. The quantitative estimate of drug-likeness (QED) is 0.427. The van der Waals surface area contributed by atoms with E-state index in [4.69, 9.17) is 9.47 Å². The maximum Gasteiger partial charge on any atom is 0.122 e. The number of ether oxygens (including phenoxy) is 2. The molecule has 0 saturated heterocycles. The number of nitrogens with zero attached hydrogens (tertiary/aromatic N) is 2. The molecule has 0 heterocycles. The highest BCUT2D eigenvalue weighted by Crippen LogP contribution is 2.46. The van der Waals surface area contributed by atoms with Crippen molar-refractivity contribution >= 4 is 0 Å². The highest BCUT2D eigenvalue weighted by atomic mass is 16.5. The van der Waals surface area contributed by atoms with Crippen LogP contribution in [0.4, 0.5) is 0 Å². The van der Waals surface area contributed by atoms with Crippen LogP contribution in [0.25, 0.3) is 0 Å². The van der Waals surface area contributed by atoms with Crippen LogP contribution in [0.5, 0.6) is 11.5 Å². The van der Waals surface area contributed by atoms with Gasteiger partial charge in [0.25, 0.3) is 0 Å². The second-order valence-electron chi connectivity index (χ2n) is 9.89. The predicted octanol–water partition coefficient (Wildman–Crippen LogP) is 5.93. The third-order valence-corrected chi connectivity index (χ3v) is 7.64. The van der Waals surface area contributed by atoms with Gasteiger partial charge in [0.2, 0.25) is 0 Å². The van der Waals surface area contributed by atoms with Crippen LogP contribution in [-0.2, 0) is 19.3 Å². The zero-order valence-corrected chi connectivity index (χ0v) is 21.1. The lowest BCUT2D eigenvalue weighted by Gasteiger charge is -2.41. The Morgan fingerprint density at radius 2 is 1.73 bits per heavy atom. The Kier molecular flexibility index (Phi) is 8.80. The van der Waals surface area contributed by atoms with Crippen LogP contribution in [-0.4, -0.2) is 39.3 Å². The monoisotopic (exact) mass is 448 g/mol. The summed E-state index contributed by atoms with van der Waals surface area (Å²) in [5.41, 5.74) is 3.87. The Morgan fingerprint density at radius 3 is 2.33 bits per heavy atom. The van der Waals surface area contributed by atoms with Crippen molar-refractivity contribution in [2.75, 3.05) is 34.4 Å². The molecular formula is C29H40N2O2. The van der Waals surface area contributed by atoms with E-state index < -0.39 is 0 Å². The van der Waals surface area contributed by atoms with Crippen molar-refractivity contribution < 1.29 is 9.47 Å². The van der Waals surface area contributed by atoms with E-state index in [2.05, 4.69) is 68.3 Å². The van der Waals surface area contributed by atoms with Crippen molar-refractivity contribution in [2.45, 2.75) is 52.4 Å². The average Bonchev–Trinajstić information content (AvgIpc) is 2.84. The van der Waals surface area contributed by atoms with E-state index in [1.54, 1.807) is 14.2 Å². The number of benzene rings is 2. The number of rotatable bonds is 11. The summed E-state index contributed by atoms with van der Waals surface area (Å²) in [7, 11) is 5.55. The molecule has 0 bridgehead atoms. The van der Waals surface area contributed by atoms with Gasteiger partial charge in [0, 0.05) is 12.6 Å². The number of likely N-dealkylation sites (N-methyl/N-ethyl adjacent to an activating group) is 1. The van der Waals surface area contributed by atoms with Crippen LogP contribution in [0.1, 0.15) is 49.8 Å². The second-order valence-corrected chi connectivity index (χ2v) is 9.89. The lowest BCUT2D eigenvalue weighted by atomic mass is 9.61. The normalized spacial score (nSPS) is 17.3. The first kappa shape index (κ1) is 25.1. The van der Waals surface area contributed by atoms with E-state index >= 15 is 0 Å². The molecule has 1 aliphatic rings. The summed E-state index contributed by atoms with van der Waals surface area (Å²) < 4.78 is 10.8. The summed E-state index contributed by atoms with van der Waals surface area (Å²) in [4.78, 5) is 2.38. The first-order chi connectivity index (χ1) is 15.9. The highest BCUT2D eigenvalue weighted by Gasteiger charge is 2.42. The molecule has 33 heavy (non-hydrogen) atoms. The van der Waals surface area contributed by atoms with Crippen molar-refractivity contribution in [1.29, 1.82) is 5.26 Å². The topological polar surface area (TPSA) is 45.5 Å². The molecule has 1 unspecified atom stereocenters. The molecule has 0 fully saturated rings. The minimum atomic E-state index is -0.255. The molecule has 4 heteroatoms. The van der Waals surface area contributed by atoms with E-state index in [1.165, 1.54) is 16.7 Å². The second kappa shape index (κ2) is 11.6. The Hall–Kier alpha value is -2.51. The summed E-state index contributed by atoms with van der Waals surface area (Å²) >= 11 is 0. The molecule has 0 N–H and O–H groups in total. The SMILES string of the molecule is COc1cc(CCN(C)CCC[C@](C#N)(C(C)C)C2CCc3ccccc3C2)cc(OC)c1. The third kappa shape index (κ3) is 6.09. The fourth-order valence-corrected chi connectivity index (χ4v) is 5.46. The number of aryl methyl sites for hydroxylation is 1. The Morgan fingerprint density at radius 1 is 1.06 bits per heavy atom. The maximum absolute atomic E-state index is 10.4. The number of hydrogen-bond acceptors (Lipinski definition) is 4. The highest BCUT2D eigenvalue weighted by molar-refractivity contribution is 5.38. The van der Waals surface area contributed by atoms with Gasteiger partial charge in [0.05, 0.1) is 25.7 Å². The Balaban J connectivity index is 1.57. The first-order valence-corrected chi connectivity index (χ1v) is 12.3. The summed E-state index contributed by atoms with van der Waals surface area (Å²) in [6.45, 7) is 6.45. The minimum absolute atomic E-state index is 0.255. The van der Waals surface area contributed by atoms with Crippen molar-refractivity contribution in [1.82, 2.24) is 4.90 Å². The number of methoxy groups -OCH3 is 2. The number of hydrogen-bond donors (Lipinski definition) is 0. The van der Waals surface area contributed by atoms with Crippen molar-refractivity contribution in [3.63, 3.8) is 0 Å². The van der Waals surface area contributed by atoms with E-state index in [1.807, 2.05) is 6.07 Å². The summed E-state index contributed by atoms with van der Waals surface area (Å²) in [6, 6.07) is 17.7. The van der Waals surface area contributed by atoms with Gasteiger partial charge in [0.1, 0.15) is 11.5 Å². The standard InChI is InChI=1S/C29H40N2O2/c1-22(2)29(21-30,26-12-11-24-9-6-7-10-25(24)19-26)14-8-15-31(3)16-13-23-17-27(32-4)20-28(18-23)33-5/h6-7,9-10,17-18,20,22,26H,8,11-16,19H2,1-5H3/t26?,29-/m0/s1. The van der Waals surface area contributed by atoms with Crippen LogP contribution < -0.4 is 9.47 Å². The van der Waals surface area contributed by atoms with Crippen LogP contribution >= 0.6 is 0 Å². The molecule has 2 atom stereocenters. The molecule has 0 radical (unpaired) electrons. The van der Waals surface area contributed by atoms with Crippen molar-refractivity contribution in [3.8, 4) is 17.6 Å². The van der Waals surface area contributed by atoms with Gasteiger partial charge in [-0.1, -0.05) is 38.1 Å². The van der Waals surface area contributed by atoms with Gasteiger partial charge >= 0.3 is 0 Å².